The van der Waals surface area contributed by atoms with Crippen LogP contribution in [0, 0.1) is 5.92 Å². The van der Waals surface area contributed by atoms with Crippen LogP contribution in [0.25, 0.3) is 10.2 Å². The number of benzene rings is 1. The maximum Gasteiger partial charge on any atom is 0.240 e. The molecule has 6 heteroatoms. The van der Waals surface area contributed by atoms with Crippen molar-refractivity contribution < 1.29 is 4.79 Å². The summed E-state index contributed by atoms with van der Waals surface area (Å²) in [5.41, 5.74) is 5.52. The Morgan fingerprint density at radius 2 is 2.32 bits per heavy atom. The van der Waals surface area contributed by atoms with Gasteiger partial charge in [-0.2, -0.15) is 5.10 Å². The van der Waals surface area contributed by atoms with E-state index >= 15 is 0 Å². The van der Waals surface area contributed by atoms with Gasteiger partial charge in [-0.15, -0.1) is 11.3 Å². The summed E-state index contributed by atoms with van der Waals surface area (Å²) < 4.78 is 2.25. The van der Waals surface area contributed by atoms with E-state index in [4.69, 9.17) is 0 Å². The van der Waals surface area contributed by atoms with Crippen molar-refractivity contribution in [3.05, 3.63) is 23.8 Å². The van der Waals surface area contributed by atoms with E-state index in [0.29, 0.717) is 6.42 Å². The lowest BCUT2D eigenvalue weighted by Crippen LogP contribution is -2.31. The highest BCUT2D eigenvalue weighted by atomic mass is 32.2. The van der Waals surface area contributed by atoms with Crippen LogP contribution in [0.2, 0.25) is 0 Å². The van der Waals surface area contributed by atoms with Gasteiger partial charge in [0.1, 0.15) is 0 Å². The molecule has 19 heavy (non-hydrogen) atoms. The Kier molecular flexibility index (Phi) is 3.28. The van der Waals surface area contributed by atoms with Gasteiger partial charge in [-0.1, -0.05) is 24.8 Å². The fourth-order valence-corrected chi connectivity index (χ4v) is 3.62. The normalized spacial score (nSPS) is 19.4. The number of thiazole rings is 1. The van der Waals surface area contributed by atoms with Crippen molar-refractivity contribution in [1.29, 1.82) is 0 Å². The molecular weight excluding hydrogens is 278 g/mol. The molecule has 3 rings (SSSR count). The van der Waals surface area contributed by atoms with Gasteiger partial charge in [-0.05, 0) is 18.4 Å². The standard InChI is InChI=1S/C13H13N3OS2/c1-7-5-11(17)15-16-12(7)8-3-4-10-9(6-8)14-13(18-2)19-10/h3-4,6-7H,5H2,1-2H3,(H,15,17). The summed E-state index contributed by atoms with van der Waals surface area (Å²) in [7, 11) is 0. The molecule has 0 aliphatic carbocycles. The summed E-state index contributed by atoms with van der Waals surface area (Å²) in [5.74, 6) is 0.125. The van der Waals surface area contributed by atoms with Gasteiger partial charge in [0.2, 0.25) is 5.91 Å². The van der Waals surface area contributed by atoms with Crippen LogP contribution in [0.4, 0.5) is 0 Å². The summed E-state index contributed by atoms with van der Waals surface area (Å²) >= 11 is 3.35. The molecule has 1 aliphatic rings. The Bertz CT molecular complexity index is 678. The fourth-order valence-electron chi connectivity index (χ4n) is 2.16. The Balaban J connectivity index is 2.03. The largest absolute Gasteiger partial charge is 0.273 e. The number of aromatic nitrogens is 1. The number of nitrogens with zero attached hydrogens (tertiary/aromatic N) is 2. The summed E-state index contributed by atoms with van der Waals surface area (Å²) in [4.78, 5) is 15.8. The number of hydrogen-bond donors (Lipinski definition) is 1. The van der Waals surface area contributed by atoms with E-state index in [2.05, 4.69) is 33.7 Å². The van der Waals surface area contributed by atoms with E-state index in [1.165, 1.54) is 4.70 Å². The predicted octanol–water partition coefficient (Wildman–Crippen LogP) is 2.88. The molecule has 0 radical (unpaired) electrons. The maximum atomic E-state index is 11.3. The lowest BCUT2D eigenvalue weighted by atomic mass is 9.94. The SMILES string of the molecule is CSc1nc2cc(C3=NNC(=O)CC3C)ccc2s1. The van der Waals surface area contributed by atoms with Gasteiger partial charge in [0.15, 0.2) is 4.34 Å². The van der Waals surface area contributed by atoms with Gasteiger partial charge in [0.25, 0.3) is 0 Å². The average Bonchev–Trinajstić information content (AvgIpc) is 2.80. The molecule has 4 nitrogen and oxygen atoms in total. The number of hydrogen-bond acceptors (Lipinski definition) is 5. The first-order chi connectivity index (χ1) is 9.17. The molecule has 98 valence electrons. The lowest BCUT2D eigenvalue weighted by Gasteiger charge is -2.18. The summed E-state index contributed by atoms with van der Waals surface area (Å²) in [6, 6.07) is 6.18. The van der Waals surface area contributed by atoms with E-state index in [1.54, 1.807) is 23.1 Å². The lowest BCUT2D eigenvalue weighted by molar-refractivity contribution is -0.121. The van der Waals surface area contributed by atoms with Crippen LogP contribution < -0.4 is 5.43 Å². The molecule has 1 aromatic carbocycles. The van der Waals surface area contributed by atoms with Crippen molar-refractivity contribution in [2.45, 2.75) is 17.7 Å². The Hall–Kier alpha value is -1.40. The molecular formula is C13H13N3OS2. The number of rotatable bonds is 2. The molecule has 1 aliphatic heterocycles. The van der Waals surface area contributed by atoms with Gasteiger partial charge in [0.05, 0.1) is 15.9 Å². The minimum Gasteiger partial charge on any atom is -0.273 e. The predicted molar refractivity (Wildman–Crippen MR) is 79.9 cm³/mol. The number of carbonyl (C=O) groups excluding carboxylic acids is 1. The van der Waals surface area contributed by atoms with Crippen LogP contribution in [0.15, 0.2) is 27.6 Å². The number of thioether (sulfide) groups is 1. The maximum absolute atomic E-state index is 11.3. The first-order valence-corrected chi connectivity index (χ1v) is 8.03. The number of hydrazone groups is 1. The molecule has 1 atom stereocenters. The average molecular weight is 291 g/mol. The van der Waals surface area contributed by atoms with Crippen LogP contribution in [0.5, 0.6) is 0 Å². The molecule has 0 bridgehead atoms. The van der Waals surface area contributed by atoms with Crippen molar-refractivity contribution in [1.82, 2.24) is 10.4 Å². The van der Waals surface area contributed by atoms with E-state index < -0.39 is 0 Å². The van der Waals surface area contributed by atoms with Crippen molar-refractivity contribution in [2.75, 3.05) is 6.26 Å². The topological polar surface area (TPSA) is 54.4 Å². The third-order valence-electron chi connectivity index (χ3n) is 3.10. The second-order valence-electron chi connectivity index (χ2n) is 4.50. The second kappa shape index (κ2) is 4.94. The molecule has 1 amide bonds. The molecule has 1 unspecified atom stereocenters. The first kappa shape index (κ1) is 12.6. The van der Waals surface area contributed by atoms with Crippen LogP contribution in [0.3, 0.4) is 0 Å². The van der Waals surface area contributed by atoms with E-state index in [1.807, 2.05) is 13.2 Å². The van der Waals surface area contributed by atoms with E-state index in [0.717, 1.165) is 21.1 Å². The molecule has 0 saturated heterocycles. The summed E-state index contributed by atoms with van der Waals surface area (Å²) in [5, 5.41) is 4.18. The van der Waals surface area contributed by atoms with Crippen molar-refractivity contribution in [3.63, 3.8) is 0 Å². The number of carbonyl (C=O) groups is 1. The quantitative estimate of drug-likeness (QED) is 0.866. The minimum absolute atomic E-state index is 0.0179. The van der Waals surface area contributed by atoms with Gasteiger partial charge < -0.3 is 0 Å². The van der Waals surface area contributed by atoms with Crippen molar-refractivity contribution >= 4 is 44.9 Å². The summed E-state index contributed by atoms with van der Waals surface area (Å²) in [6.45, 7) is 2.02. The molecule has 2 heterocycles. The molecule has 0 spiro atoms. The first-order valence-electron chi connectivity index (χ1n) is 5.99. The van der Waals surface area contributed by atoms with Crippen LogP contribution >= 0.6 is 23.1 Å². The number of amides is 1. The Morgan fingerprint density at radius 1 is 1.47 bits per heavy atom. The summed E-state index contributed by atoms with van der Waals surface area (Å²) in [6.07, 6.45) is 2.52. The van der Waals surface area contributed by atoms with Crippen LogP contribution in [-0.2, 0) is 4.79 Å². The monoisotopic (exact) mass is 291 g/mol. The third kappa shape index (κ3) is 2.37. The van der Waals surface area contributed by atoms with E-state index in [-0.39, 0.29) is 11.8 Å². The van der Waals surface area contributed by atoms with Crippen LogP contribution in [0.1, 0.15) is 18.9 Å². The number of fused-ring (bicyclic) bond motifs is 1. The molecule has 0 fully saturated rings. The van der Waals surface area contributed by atoms with Gasteiger partial charge in [-0.3, -0.25) is 4.79 Å². The molecule has 1 aromatic heterocycles. The highest BCUT2D eigenvalue weighted by Gasteiger charge is 2.21. The zero-order valence-electron chi connectivity index (χ0n) is 10.6. The van der Waals surface area contributed by atoms with Gasteiger partial charge >= 0.3 is 0 Å². The fraction of sp³-hybridized carbons (Fsp3) is 0.308. The second-order valence-corrected chi connectivity index (χ2v) is 6.59. The van der Waals surface area contributed by atoms with Crippen molar-refractivity contribution in [3.8, 4) is 0 Å². The zero-order chi connectivity index (χ0) is 13.4. The van der Waals surface area contributed by atoms with Crippen molar-refractivity contribution in [2.24, 2.45) is 11.0 Å². The molecule has 2 aromatic rings. The van der Waals surface area contributed by atoms with E-state index in [9.17, 15) is 4.79 Å². The Labute approximate surface area is 119 Å². The molecule has 0 saturated carbocycles. The third-order valence-corrected chi connectivity index (χ3v) is 5.12. The minimum atomic E-state index is -0.0179. The molecule has 1 N–H and O–H groups in total. The number of nitrogens with one attached hydrogen (secondary N) is 1. The highest BCUT2D eigenvalue weighted by molar-refractivity contribution is 8.00. The zero-order valence-corrected chi connectivity index (χ0v) is 12.3. The smallest absolute Gasteiger partial charge is 0.240 e. The highest BCUT2D eigenvalue weighted by Crippen LogP contribution is 2.29. The Morgan fingerprint density at radius 3 is 3.05 bits per heavy atom. The van der Waals surface area contributed by atoms with Gasteiger partial charge in [-0.25, -0.2) is 10.4 Å². The van der Waals surface area contributed by atoms with Crippen LogP contribution in [-0.4, -0.2) is 22.9 Å². The van der Waals surface area contributed by atoms with Gasteiger partial charge in [0, 0.05) is 17.9 Å².